The third kappa shape index (κ3) is 5.04. The van der Waals surface area contributed by atoms with Gasteiger partial charge in [0, 0.05) is 45.8 Å². The molecule has 26 heavy (non-hydrogen) atoms. The van der Waals surface area contributed by atoms with Crippen molar-refractivity contribution in [2.75, 3.05) is 46.4 Å². The zero-order chi connectivity index (χ0) is 18.4. The van der Waals surface area contributed by atoms with Crippen LogP contribution in [0.3, 0.4) is 0 Å². The number of aliphatic imine (C=N–C) groups is 1. The third-order valence-electron chi connectivity index (χ3n) is 4.81. The van der Waals surface area contributed by atoms with Crippen molar-refractivity contribution in [2.24, 2.45) is 4.99 Å². The van der Waals surface area contributed by atoms with E-state index in [-0.39, 0.29) is 5.75 Å². The van der Waals surface area contributed by atoms with Gasteiger partial charge in [-0.1, -0.05) is 12.1 Å². The molecule has 0 spiro atoms. The maximum atomic E-state index is 12.3. The number of likely N-dealkylation sites (tertiary alicyclic amines) is 1. The predicted octanol–water partition coefficient (Wildman–Crippen LogP) is 1.77. The highest BCUT2D eigenvalue weighted by molar-refractivity contribution is 5.80. The molecule has 1 N–H and O–H groups in total. The molecular formula is C18H26F2N4O2. The van der Waals surface area contributed by atoms with Gasteiger partial charge < -0.3 is 19.7 Å². The van der Waals surface area contributed by atoms with E-state index in [0.29, 0.717) is 12.6 Å². The lowest BCUT2D eigenvalue weighted by Gasteiger charge is -2.32. The molecule has 1 aromatic carbocycles. The SMILES string of the molecule is CN=C(NCc1cccc(OC(F)F)c1)N1CCC(N2CCOCC2)C1. The molecule has 2 fully saturated rings. The van der Waals surface area contributed by atoms with Crippen LogP contribution in [0.25, 0.3) is 0 Å². The van der Waals surface area contributed by atoms with E-state index in [2.05, 4.69) is 24.8 Å². The average molecular weight is 368 g/mol. The molecule has 0 amide bonds. The van der Waals surface area contributed by atoms with E-state index in [1.807, 2.05) is 6.07 Å². The molecule has 3 rings (SSSR count). The van der Waals surface area contributed by atoms with Crippen molar-refractivity contribution in [1.29, 1.82) is 0 Å². The normalized spacial score (nSPS) is 22.1. The summed E-state index contributed by atoms with van der Waals surface area (Å²) in [5, 5.41) is 3.32. The highest BCUT2D eigenvalue weighted by atomic mass is 19.3. The van der Waals surface area contributed by atoms with Crippen molar-refractivity contribution in [3.05, 3.63) is 29.8 Å². The van der Waals surface area contributed by atoms with Gasteiger partial charge in [0.2, 0.25) is 0 Å². The van der Waals surface area contributed by atoms with Crippen molar-refractivity contribution in [1.82, 2.24) is 15.1 Å². The predicted molar refractivity (Wildman–Crippen MR) is 95.6 cm³/mol. The molecule has 1 aromatic rings. The maximum absolute atomic E-state index is 12.3. The first-order valence-electron chi connectivity index (χ1n) is 8.97. The molecule has 0 radical (unpaired) electrons. The molecule has 2 heterocycles. The highest BCUT2D eigenvalue weighted by Crippen LogP contribution is 2.18. The fourth-order valence-electron chi connectivity index (χ4n) is 3.52. The molecule has 1 unspecified atom stereocenters. The van der Waals surface area contributed by atoms with E-state index in [0.717, 1.165) is 57.3 Å². The molecule has 144 valence electrons. The van der Waals surface area contributed by atoms with Gasteiger partial charge in [-0.05, 0) is 24.1 Å². The molecule has 1 atom stereocenters. The summed E-state index contributed by atoms with van der Waals surface area (Å²) >= 11 is 0. The highest BCUT2D eigenvalue weighted by Gasteiger charge is 2.30. The van der Waals surface area contributed by atoms with Crippen LogP contribution in [0.15, 0.2) is 29.3 Å². The summed E-state index contributed by atoms with van der Waals surface area (Å²) in [5.41, 5.74) is 0.869. The molecule has 0 aliphatic carbocycles. The van der Waals surface area contributed by atoms with Crippen molar-refractivity contribution in [3.8, 4) is 5.75 Å². The van der Waals surface area contributed by atoms with Crippen LogP contribution in [0.5, 0.6) is 5.75 Å². The summed E-state index contributed by atoms with van der Waals surface area (Å²) in [4.78, 5) is 9.11. The number of benzene rings is 1. The van der Waals surface area contributed by atoms with Gasteiger partial charge in [0.1, 0.15) is 5.75 Å². The van der Waals surface area contributed by atoms with Crippen molar-refractivity contribution >= 4 is 5.96 Å². The van der Waals surface area contributed by atoms with Crippen LogP contribution in [0.4, 0.5) is 8.78 Å². The van der Waals surface area contributed by atoms with Gasteiger partial charge in [-0.3, -0.25) is 9.89 Å². The monoisotopic (exact) mass is 368 g/mol. The first kappa shape index (κ1) is 18.8. The lowest BCUT2D eigenvalue weighted by Crippen LogP contribution is -2.46. The Hall–Kier alpha value is -1.93. The van der Waals surface area contributed by atoms with Gasteiger partial charge in [-0.25, -0.2) is 0 Å². The van der Waals surface area contributed by atoms with Crippen LogP contribution in [-0.2, 0) is 11.3 Å². The van der Waals surface area contributed by atoms with Gasteiger partial charge in [-0.2, -0.15) is 8.78 Å². The molecule has 8 heteroatoms. The van der Waals surface area contributed by atoms with Gasteiger partial charge in [-0.15, -0.1) is 0 Å². The fraction of sp³-hybridized carbons (Fsp3) is 0.611. The first-order chi connectivity index (χ1) is 12.7. The molecule has 2 aliphatic heterocycles. The summed E-state index contributed by atoms with van der Waals surface area (Å²) in [6.07, 6.45) is 1.11. The second-order valence-corrected chi connectivity index (χ2v) is 6.46. The number of hydrogen-bond donors (Lipinski definition) is 1. The number of alkyl halides is 2. The lowest BCUT2D eigenvalue weighted by atomic mass is 10.2. The molecule has 0 aromatic heterocycles. The van der Waals surface area contributed by atoms with E-state index in [1.165, 1.54) is 6.07 Å². The Morgan fingerprint density at radius 3 is 2.88 bits per heavy atom. The summed E-state index contributed by atoms with van der Waals surface area (Å²) in [7, 11) is 1.76. The van der Waals surface area contributed by atoms with Crippen LogP contribution in [0, 0.1) is 0 Å². The summed E-state index contributed by atoms with van der Waals surface area (Å²) < 4.78 is 34.6. The number of morpholine rings is 1. The van der Waals surface area contributed by atoms with E-state index >= 15 is 0 Å². The van der Waals surface area contributed by atoms with Crippen molar-refractivity contribution < 1.29 is 18.3 Å². The number of guanidine groups is 1. The fourth-order valence-corrected chi connectivity index (χ4v) is 3.52. The van der Waals surface area contributed by atoms with Crippen LogP contribution in [0.1, 0.15) is 12.0 Å². The molecule has 2 saturated heterocycles. The van der Waals surface area contributed by atoms with E-state index in [4.69, 9.17) is 4.74 Å². The van der Waals surface area contributed by atoms with Crippen LogP contribution in [-0.4, -0.2) is 74.9 Å². The largest absolute Gasteiger partial charge is 0.435 e. The Morgan fingerprint density at radius 1 is 1.35 bits per heavy atom. The smallest absolute Gasteiger partial charge is 0.387 e. The van der Waals surface area contributed by atoms with Gasteiger partial charge in [0.15, 0.2) is 5.96 Å². The zero-order valence-corrected chi connectivity index (χ0v) is 15.0. The average Bonchev–Trinajstić information content (AvgIpc) is 3.13. The van der Waals surface area contributed by atoms with E-state index < -0.39 is 6.61 Å². The van der Waals surface area contributed by atoms with Crippen LogP contribution in [0.2, 0.25) is 0 Å². The third-order valence-corrected chi connectivity index (χ3v) is 4.81. The Balaban J connectivity index is 1.52. The van der Waals surface area contributed by atoms with E-state index in [1.54, 1.807) is 19.2 Å². The first-order valence-corrected chi connectivity index (χ1v) is 8.97. The van der Waals surface area contributed by atoms with Crippen molar-refractivity contribution in [3.63, 3.8) is 0 Å². The number of nitrogens with zero attached hydrogens (tertiary/aromatic N) is 3. The number of hydrogen-bond acceptors (Lipinski definition) is 4. The topological polar surface area (TPSA) is 49.3 Å². The number of rotatable bonds is 5. The Bertz CT molecular complexity index is 609. The second kappa shape index (κ2) is 9.14. The quantitative estimate of drug-likeness (QED) is 0.634. The number of halogens is 2. The lowest BCUT2D eigenvalue weighted by molar-refractivity contribution is -0.0498. The van der Waals surface area contributed by atoms with Crippen LogP contribution < -0.4 is 10.1 Å². The minimum atomic E-state index is -2.81. The molecule has 6 nitrogen and oxygen atoms in total. The summed E-state index contributed by atoms with van der Waals surface area (Å²) in [6.45, 7) is 3.17. The minimum Gasteiger partial charge on any atom is -0.435 e. The van der Waals surface area contributed by atoms with Gasteiger partial charge >= 0.3 is 6.61 Å². The Morgan fingerprint density at radius 2 is 2.15 bits per heavy atom. The van der Waals surface area contributed by atoms with E-state index in [9.17, 15) is 8.78 Å². The molecule has 0 saturated carbocycles. The maximum Gasteiger partial charge on any atom is 0.387 e. The Labute approximate surface area is 152 Å². The zero-order valence-electron chi connectivity index (χ0n) is 15.0. The summed E-state index contributed by atoms with van der Waals surface area (Å²) in [5.74, 6) is 1.00. The molecule has 0 bridgehead atoms. The molecular weight excluding hydrogens is 342 g/mol. The minimum absolute atomic E-state index is 0.169. The Kier molecular flexibility index (Phi) is 6.62. The van der Waals surface area contributed by atoms with Gasteiger partial charge in [0.05, 0.1) is 13.2 Å². The number of nitrogens with one attached hydrogen (secondary N) is 1. The number of ether oxygens (including phenoxy) is 2. The van der Waals surface area contributed by atoms with Gasteiger partial charge in [0.25, 0.3) is 0 Å². The second-order valence-electron chi connectivity index (χ2n) is 6.46. The molecule has 2 aliphatic rings. The van der Waals surface area contributed by atoms with Crippen molar-refractivity contribution in [2.45, 2.75) is 25.6 Å². The summed E-state index contributed by atoms with van der Waals surface area (Å²) in [6, 6.07) is 7.26. The van der Waals surface area contributed by atoms with Crippen LogP contribution >= 0.6 is 0 Å². The standard InChI is InChI=1S/C18H26F2N4O2/c1-21-18(22-12-14-3-2-4-16(11-14)26-17(19)20)24-6-5-15(13-24)23-7-9-25-10-8-23/h2-4,11,15,17H,5-10,12-13H2,1H3,(H,21,22).